The number of likely N-dealkylation sites (tertiary alicyclic amines) is 1. The fraction of sp³-hybridized carbons (Fsp3) is 0.667. The number of carboxylic acid groups (broad SMARTS) is 1. The Kier molecular flexibility index (Phi) is 4.99. The zero-order valence-electron chi connectivity index (χ0n) is 11.8. The third kappa shape index (κ3) is 4.32. The third-order valence-electron chi connectivity index (χ3n) is 3.91. The monoisotopic (exact) mass is 281 g/mol. The highest BCUT2D eigenvalue weighted by Gasteiger charge is 2.21. The molecule has 1 atom stereocenters. The Bertz CT molecular complexity index is 441. The molecule has 0 aromatic carbocycles. The fourth-order valence-corrected chi connectivity index (χ4v) is 3.88. The Labute approximate surface area is 119 Å². The van der Waals surface area contributed by atoms with Crippen LogP contribution in [0, 0.1) is 19.8 Å². The lowest BCUT2D eigenvalue weighted by atomic mass is 9.93. The van der Waals surface area contributed by atoms with E-state index in [1.54, 1.807) is 0 Å². The first-order chi connectivity index (χ1) is 9.04. The normalized spacial score (nSPS) is 20.6. The maximum absolute atomic E-state index is 10.6. The van der Waals surface area contributed by atoms with Gasteiger partial charge in [0, 0.05) is 29.3 Å². The predicted molar refractivity (Wildman–Crippen MR) is 78.7 cm³/mol. The quantitative estimate of drug-likeness (QED) is 0.898. The highest BCUT2D eigenvalue weighted by molar-refractivity contribution is 7.12. The molecule has 0 amide bonds. The van der Waals surface area contributed by atoms with Crippen LogP contribution in [0.1, 0.15) is 41.0 Å². The summed E-state index contributed by atoms with van der Waals surface area (Å²) >= 11 is 1.87. The van der Waals surface area contributed by atoms with Crippen LogP contribution in [0.3, 0.4) is 0 Å². The average molecular weight is 281 g/mol. The SMILES string of the molecule is Cc1cc(CN2CCCC(CCC(=O)O)C2)c(C)s1. The summed E-state index contributed by atoms with van der Waals surface area (Å²) in [6.45, 7) is 7.59. The van der Waals surface area contributed by atoms with E-state index in [-0.39, 0.29) is 0 Å². The second-order valence-corrected chi connectivity index (χ2v) is 7.07. The number of piperidine rings is 1. The minimum Gasteiger partial charge on any atom is -0.481 e. The van der Waals surface area contributed by atoms with E-state index in [0.29, 0.717) is 12.3 Å². The van der Waals surface area contributed by atoms with Crippen LogP contribution < -0.4 is 0 Å². The molecule has 2 rings (SSSR count). The first-order valence-corrected chi connectivity index (χ1v) is 7.86. The van der Waals surface area contributed by atoms with Crippen molar-refractivity contribution in [1.82, 2.24) is 4.90 Å². The zero-order chi connectivity index (χ0) is 13.8. The average Bonchev–Trinajstić information content (AvgIpc) is 2.66. The smallest absolute Gasteiger partial charge is 0.303 e. The molecule has 1 saturated heterocycles. The first-order valence-electron chi connectivity index (χ1n) is 7.04. The number of hydrogen-bond acceptors (Lipinski definition) is 3. The molecule has 0 spiro atoms. The van der Waals surface area contributed by atoms with Gasteiger partial charge in [-0.3, -0.25) is 9.69 Å². The van der Waals surface area contributed by atoms with Crippen molar-refractivity contribution in [3.63, 3.8) is 0 Å². The van der Waals surface area contributed by atoms with E-state index in [1.807, 2.05) is 11.3 Å². The van der Waals surface area contributed by atoms with Crippen molar-refractivity contribution in [2.45, 2.75) is 46.1 Å². The standard InChI is InChI=1S/C15H23NO2S/c1-11-8-14(12(2)19-11)10-16-7-3-4-13(9-16)5-6-15(17)18/h8,13H,3-7,9-10H2,1-2H3,(H,17,18). The number of aliphatic carboxylic acids is 1. The molecule has 106 valence electrons. The van der Waals surface area contributed by atoms with Crippen LogP contribution in [0.15, 0.2) is 6.07 Å². The van der Waals surface area contributed by atoms with Gasteiger partial charge in [-0.1, -0.05) is 0 Å². The summed E-state index contributed by atoms with van der Waals surface area (Å²) in [5.41, 5.74) is 1.45. The Morgan fingerprint density at radius 1 is 1.53 bits per heavy atom. The molecule has 0 bridgehead atoms. The zero-order valence-corrected chi connectivity index (χ0v) is 12.6. The van der Waals surface area contributed by atoms with Crippen LogP contribution in [0.4, 0.5) is 0 Å². The lowest BCUT2D eigenvalue weighted by molar-refractivity contribution is -0.137. The van der Waals surface area contributed by atoms with Gasteiger partial charge in [0.1, 0.15) is 0 Å². The van der Waals surface area contributed by atoms with E-state index in [0.717, 1.165) is 26.1 Å². The molecular formula is C15H23NO2S. The largest absolute Gasteiger partial charge is 0.481 e. The molecule has 19 heavy (non-hydrogen) atoms. The number of carboxylic acids is 1. The molecule has 4 heteroatoms. The summed E-state index contributed by atoms with van der Waals surface area (Å²) in [6, 6.07) is 2.29. The van der Waals surface area contributed by atoms with Gasteiger partial charge in [-0.15, -0.1) is 11.3 Å². The van der Waals surface area contributed by atoms with E-state index in [9.17, 15) is 4.79 Å². The molecule has 1 aromatic rings. The number of carbonyl (C=O) groups is 1. The second kappa shape index (κ2) is 6.53. The third-order valence-corrected chi connectivity index (χ3v) is 4.92. The molecule has 3 nitrogen and oxygen atoms in total. The minimum atomic E-state index is -0.665. The molecule has 0 aliphatic carbocycles. The molecule has 0 saturated carbocycles. The van der Waals surface area contributed by atoms with E-state index >= 15 is 0 Å². The Balaban J connectivity index is 1.87. The molecule has 0 radical (unpaired) electrons. The van der Waals surface area contributed by atoms with Crippen LogP contribution in [-0.2, 0) is 11.3 Å². The number of hydrogen-bond donors (Lipinski definition) is 1. The Morgan fingerprint density at radius 2 is 2.32 bits per heavy atom. The Hall–Kier alpha value is -0.870. The molecule has 1 unspecified atom stereocenters. The van der Waals surface area contributed by atoms with Crippen LogP contribution in [0.5, 0.6) is 0 Å². The second-order valence-electron chi connectivity index (χ2n) is 5.61. The van der Waals surface area contributed by atoms with Gasteiger partial charge < -0.3 is 5.11 Å². The summed E-state index contributed by atoms with van der Waals surface area (Å²) < 4.78 is 0. The summed E-state index contributed by atoms with van der Waals surface area (Å²) in [6.07, 6.45) is 3.53. The van der Waals surface area contributed by atoms with Crippen molar-refractivity contribution < 1.29 is 9.90 Å². The van der Waals surface area contributed by atoms with E-state index in [2.05, 4.69) is 24.8 Å². The van der Waals surface area contributed by atoms with Gasteiger partial charge in [-0.05, 0) is 57.2 Å². The number of rotatable bonds is 5. The van der Waals surface area contributed by atoms with Crippen molar-refractivity contribution in [2.24, 2.45) is 5.92 Å². The number of thiophene rings is 1. The maximum atomic E-state index is 10.6. The van der Waals surface area contributed by atoms with Crippen molar-refractivity contribution in [3.05, 3.63) is 21.4 Å². The van der Waals surface area contributed by atoms with Crippen LogP contribution in [0.2, 0.25) is 0 Å². The summed E-state index contributed by atoms with van der Waals surface area (Å²) in [5, 5.41) is 8.77. The summed E-state index contributed by atoms with van der Waals surface area (Å²) in [4.78, 5) is 15.9. The number of nitrogens with zero attached hydrogens (tertiary/aromatic N) is 1. The van der Waals surface area contributed by atoms with Gasteiger partial charge in [0.05, 0.1) is 0 Å². The van der Waals surface area contributed by atoms with Crippen molar-refractivity contribution >= 4 is 17.3 Å². The predicted octanol–water partition coefficient (Wildman–Crippen LogP) is 3.44. The van der Waals surface area contributed by atoms with Gasteiger partial charge in [0.25, 0.3) is 0 Å². The topological polar surface area (TPSA) is 40.5 Å². The first kappa shape index (κ1) is 14.5. The van der Waals surface area contributed by atoms with Crippen molar-refractivity contribution in [3.8, 4) is 0 Å². The molecular weight excluding hydrogens is 258 g/mol. The van der Waals surface area contributed by atoms with Crippen molar-refractivity contribution in [2.75, 3.05) is 13.1 Å². The molecule has 1 aliphatic rings. The molecule has 1 N–H and O–H groups in total. The molecule has 2 heterocycles. The lowest BCUT2D eigenvalue weighted by Crippen LogP contribution is -2.35. The van der Waals surface area contributed by atoms with Crippen LogP contribution in [0.25, 0.3) is 0 Å². The minimum absolute atomic E-state index is 0.315. The number of aryl methyl sites for hydroxylation is 2. The van der Waals surface area contributed by atoms with Gasteiger partial charge in [-0.2, -0.15) is 0 Å². The molecule has 1 fully saturated rings. The van der Waals surface area contributed by atoms with E-state index in [1.165, 1.54) is 28.2 Å². The maximum Gasteiger partial charge on any atom is 0.303 e. The van der Waals surface area contributed by atoms with Crippen LogP contribution in [-0.4, -0.2) is 29.1 Å². The van der Waals surface area contributed by atoms with Gasteiger partial charge >= 0.3 is 5.97 Å². The fourth-order valence-electron chi connectivity index (χ4n) is 2.94. The van der Waals surface area contributed by atoms with Crippen molar-refractivity contribution in [1.29, 1.82) is 0 Å². The Morgan fingerprint density at radius 3 is 2.95 bits per heavy atom. The van der Waals surface area contributed by atoms with Gasteiger partial charge in [0.2, 0.25) is 0 Å². The van der Waals surface area contributed by atoms with Crippen LogP contribution >= 0.6 is 11.3 Å². The van der Waals surface area contributed by atoms with Gasteiger partial charge in [0.15, 0.2) is 0 Å². The molecule has 1 aromatic heterocycles. The van der Waals surface area contributed by atoms with Gasteiger partial charge in [-0.25, -0.2) is 0 Å². The molecule has 1 aliphatic heterocycles. The summed E-state index contributed by atoms with van der Waals surface area (Å²) in [5.74, 6) is -0.105. The highest BCUT2D eigenvalue weighted by Crippen LogP contribution is 2.26. The van der Waals surface area contributed by atoms with E-state index < -0.39 is 5.97 Å². The summed E-state index contributed by atoms with van der Waals surface area (Å²) in [7, 11) is 0. The van der Waals surface area contributed by atoms with E-state index in [4.69, 9.17) is 5.11 Å². The highest BCUT2D eigenvalue weighted by atomic mass is 32.1. The lowest BCUT2D eigenvalue weighted by Gasteiger charge is -2.32.